The molecule has 0 aliphatic carbocycles. The lowest BCUT2D eigenvalue weighted by Crippen LogP contribution is -1.97. The first kappa shape index (κ1) is 13.9. The molecule has 1 N–H and O–H groups in total. The van der Waals surface area contributed by atoms with E-state index in [-0.39, 0.29) is 11.8 Å². The lowest BCUT2D eigenvalue weighted by Gasteiger charge is -2.09. The quantitative estimate of drug-likeness (QED) is 0.854. The summed E-state index contributed by atoms with van der Waals surface area (Å²) < 4.78 is 2.03. The van der Waals surface area contributed by atoms with E-state index in [2.05, 4.69) is 4.98 Å². The van der Waals surface area contributed by atoms with Gasteiger partial charge in [-0.25, -0.2) is 4.98 Å². The van der Waals surface area contributed by atoms with Crippen molar-refractivity contribution in [1.82, 2.24) is 9.55 Å². The number of benzene rings is 1. The molecular formula is C14H17ClN2O2. The van der Waals surface area contributed by atoms with E-state index in [1.807, 2.05) is 36.7 Å². The number of aryl methyl sites for hydroxylation is 2. The average molecular weight is 281 g/mol. The predicted molar refractivity (Wildman–Crippen MR) is 75.5 cm³/mol. The van der Waals surface area contributed by atoms with E-state index in [1.165, 1.54) is 0 Å². The SMILES string of the molecule is Cc1nc2cc(C(Cl)CCCC(=O)O)ccc2n1C. The van der Waals surface area contributed by atoms with Gasteiger partial charge in [-0.05, 0) is 37.5 Å². The fourth-order valence-electron chi connectivity index (χ4n) is 2.13. The Kier molecular flexibility index (Phi) is 4.10. The summed E-state index contributed by atoms with van der Waals surface area (Å²) in [7, 11) is 1.98. The third-order valence-corrected chi connectivity index (χ3v) is 3.81. The van der Waals surface area contributed by atoms with Gasteiger partial charge in [0.1, 0.15) is 5.82 Å². The van der Waals surface area contributed by atoms with Gasteiger partial charge in [-0.2, -0.15) is 0 Å². The van der Waals surface area contributed by atoms with Gasteiger partial charge in [0.05, 0.1) is 16.4 Å². The molecule has 4 nitrogen and oxygen atoms in total. The molecule has 19 heavy (non-hydrogen) atoms. The van der Waals surface area contributed by atoms with Gasteiger partial charge in [-0.15, -0.1) is 11.6 Å². The van der Waals surface area contributed by atoms with Crippen LogP contribution in [0.1, 0.15) is 36.0 Å². The third kappa shape index (κ3) is 3.07. The van der Waals surface area contributed by atoms with E-state index in [0.29, 0.717) is 12.8 Å². The molecule has 0 fully saturated rings. The summed E-state index contributed by atoms with van der Waals surface area (Å²) in [5, 5.41) is 8.45. The van der Waals surface area contributed by atoms with Gasteiger partial charge in [-0.1, -0.05) is 6.07 Å². The van der Waals surface area contributed by atoms with Gasteiger partial charge in [-0.3, -0.25) is 4.79 Å². The second-order valence-corrected chi connectivity index (χ2v) is 5.25. The zero-order chi connectivity index (χ0) is 14.0. The predicted octanol–water partition coefficient (Wildman–Crippen LogP) is 3.42. The molecule has 0 saturated carbocycles. The van der Waals surface area contributed by atoms with E-state index in [1.54, 1.807) is 0 Å². The summed E-state index contributed by atoms with van der Waals surface area (Å²) >= 11 is 6.31. The number of fused-ring (bicyclic) bond motifs is 1. The maximum absolute atomic E-state index is 10.5. The minimum absolute atomic E-state index is 0.161. The fraction of sp³-hybridized carbons (Fsp3) is 0.429. The molecule has 1 heterocycles. The number of carboxylic acid groups (broad SMARTS) is 1. The molecule has 0 spiro atoms. The monoisotopic (exact) mass is 280 g/mol. The van der Waals surface area contributed by atoms with Crippen LogP contribution < -0.4 is 0 Å². The molecule has 5 heteroatoms. The van der Waals surface area contributed by atoms with Crippen LogP contribution >= 0.6 is 11.6 Å². The maximum Gasteiger partial charge on any atom is 0.303 e. The second kappa shape index (κ2) is 5.61. The molecule has 1 aromatic heterocycles. The van der Waals surface area contributed by atoms with Crippen LogP contribution in [0.15, 0.2) is 18.2 Å². The Bertz CT molecular complexity index is 607. The molecule has 1 unspecified atom stereocenters. The van der Waals surface area contributed by atoms with E-state index in [0.717, 1.165) is 22.4 Å². The summed E-state index contributed by atoms with van der Waals surface area (Å²) in [5.74, 6) is 0.184. The summed E-state index contributed by atoms with van der Waals surface area (Å²) in [5.41, 5.74) is 3.01. The van der Waals surface area contributed by atoms with Crippen molar-refractivity contribution in [3.05, 3.63) is 29.6 Å². The van der Waals surface area contributed by atoms with Gasteiger partial charge < -0.3 is 9.67 Å². The highest BCUT2D eigenvalue weighted by atomic mass is 35.5. The normalized spacial score (nSPS) is 12.8. The van der Waals surface area contributed by atoms with Crippen LogP contribution in [-0.2, 0) is 11.8 Å². The van der Waals surface area contributed by atoms with Gasteiger partial charge in [0, 0.05) is 13.5 Å². The zero-order valence-electron chi connectivity index (χ0n) is 11.1. The molecule has 0 aliphatic heterocycles. The Hall–Kier alpha value is -1.55. The highest BCUT2D eigenvalue weighted by molar-refractivity contribution is 6.20. The number of halogens is 1. The number of aliphatic carboxylic acids is 1. The molecule has 0 aliphatic rings. The van der Waals surface area contributed by atoms with Crippen LogP contribution in [0.3, 0.4) is 0 Å². The summed E-state index contributed by atoms with van der Waals surface area (Å²) in [6.07, 6.45) is 1.40. The summed E-state index contributed by atoms with van der Waals surface area (Å²) in [6, 6.07) is 5.99. The van der Waals surface area contributed by atoms with Crippen molar-refractivity contribution in [2.45, 2.75) is 31.6 Å². The molecule has 1 atom stereocenters. The van der Waals surface area contributed by atoms with Crippen molar-refractivity contribution in [2.24, 2.45) is 7.05 Å². The number of nitrogens with zero attached hydrogens (tertiary/aromatic N) is 2. The average Bonchev–Trinajstić information content (AvgIpc) is 2.64. The number of hydrogen-bond donors (Lipinski definition) is 1. The lowest BCUT2D eigenvalue weighted by molar-refractivity contribution is -0.137. The highest BCUT2D eigenvalue weighted by Crippen LogP contribution is 2.28. The molecule has 1 aromatic carbocycles. The van der Waals surface area contributed by atoms with Gasteiger partial charge >= 0.3 is 5.97 Å². The number of alkyl halides is 1. The Balaban J connectivity index is 2.14. The van der Waals surface area contributed by atoms with Crippen molar-refractivity contribution < 1.29 is 9.90 Å². The first-order valence-corrected chi connectivity index (χ1v) is 6.71. The lowest BCUT2D eigenvalue weighted by atomic mass is 10.1. The number of carbonyl (C=O) groups is 1. The Morgan fingerprint density at radius 3 is 2.95 bits per heavy atom. The first-order valence-electron chi connectivity index (χ1n) is 6.28. The first-order chi connectivity index (χ1) is 8.99. The summed E-state index contributed by atoms with van der Waals surface area (Å²) in [6.45, 7) is 1.96. The van der Waals surface area contributed by atoms with E-state index < -0.39 is 5.97 Å². The minimum atomic E-state index is -0.778. The van der Waals surface area contributed by atoms with Crippen LogP contribution in [0.5, 0.6) is 0 Å². The minimum Gasteiger partial charge on any atom is -0.481 e. The molecule has 2 rings (SSSR count). The Morgan fingerprint density at radius 2 is 2.26 bits per heavy atom. The van der Waals surface area contributed by atoms with Crippen molar-refractivity contribution in [1.29, 1.82) is 0 Å². The fourth-order valence-corrected chi connectivity index (χ4v) is 2.42. The third-order valence-electron chi connectivity index (χ3n) is 3.34. The van der Waals surface area contributed by atoms with Crippen LogP contribution in [0, 0.1) is 6.92 Å². The van der Waals surface area contributed by atoms with Crippen LogP contribution in [0.2, 0.25) is 0 Å². The molecule has 0 saturated heterocycles. The molecule has 0 radical (unpaired) electrons. The van der Waals surface area contributed by atoms with Crippen LogP contribution in [-0.4, -0.2) is 20.6 Å². The van der Waals surface area contributed by atoms with Crippen LogP contribution in [0.25, 0.3) is 11.0 Å². The maximum atomic E-state index is 10.5. The number of imidazole rings is 1. The topological polar surface area (TPSA) is 55.1 Å². The van der Waals surface area contributed by atoms with E-state index in [9.17, 15) is 4.79 Å². The molecule has 0 bridgehead atoms. The number of rotatable bonds is 5. The van der Waals surface area contributed by atoms with Crippen molar-refractivity contribution in [3.63, 3.8) is 0 Å². The smallest absolute Gasteiger partial charge is 0.303 e. The molecule has 0 amide bonds. The summed E-state index contributed by atoms with van der Waals surface area (Å²) in [4.78, 5) is 15.0. The van der Waals surface area contributed by atoms with Crippen molar-refractivity contribution in [2.75, 3.05) is 0 Å². The molecule has 102 valence electrons. The molecule has 2 aromatic rings. The number of hydrogen-bond acceptors (Lipinski definition) is 2. The molecular weight excluding hydrogens is 264 g/mol. The van der Waals surface area contributed by atoms with Gasteiger partial charge in [0.15, 0.2) is 0 Å². The van der Waals surface area contributed by atoms with Crippen molar-refractivity contribution >= 4 is 28.6 Å². The largest absolute Gasteiger partial charge is 0.481 e. The number of aromatic nitrogens is 2. The van der Waals surface area contributed by atoms with Gasteiger partial charge in [0.25, 0.3) is 0 Å². The van der Waals surface area contributed by atoms with Crippen LogP contribution in [0.4, 0.5) is 0 Å². The van der Waals surface area contributed by atoms with Gasteiger partial charge in [0.2, 0.25) is 0 Å². The van der Waals surface area contributed by atoms with Crippen molar-refractivity contribution in [3.8, 4) is 0 Å². The Labute approximate surface area is 117 Å². The van der Waals surface area contributed by atoms with E-state index in [4.69, 9.17) is 16.7 Å². The van der Waals surface area contributed by atoms with E-state index >= 15 is 0 Å². The highest BCUT2D eigenvalue weighted by Gasteiger charge is 2.11. The zero-order valence-corrected chi connectivity index (χ0v) is 11.8. The number of carboxylic acids is 1. The Morgan fingerprint density at radius 1 is 1.53 bits per heavy atom. The second-order valence-electron chi connectivity index (χ2n) is 4.72. The standard InChI is InChI=1S/C14H17ClN2O2/c1-9-16-12-8-10(6-7-13(12)17(9)2)11(15)4-3-5-14(18)19/h6-8,11H,3-5H2,1-2H3,(H,18,19).